The normalized spacial score (nSPS) is 29.2. The lowest BCUT2D eigenvalue weighted by atomic mass is 9.81. The molecule has 1 aliphatic heterocycles. The zero-order valence-electron chi connectivity index (χ0n) is 11.1. The summed E-state index contributed by atoms with van der Waals surface area (Å²) in [5.74, 6) is -0.941. The van der Waals surface area contributed by atoms with E-state index in [9.17, 15) is 14.7 Å². The Kier molecular flexibility index (Phi) is 3.41. The highest BCUT2D eigenvalue weighted by Gasteiger charge is 2.48. The quantitative estimate of drug-likeness (QED) is 0.764. The number of carboxylic acids is 1. The molecule has 1 rings (SSSR count). The van der Waals surface area contributed by atoms with Crippen molar-refractivity contribution in [2.24, 2.45) is 11.3 Å². The van der Waals surface area contributed by atoms with Crippen molar-refractivity contribution in [3.63, 3.8) is 0 Å². The zero-order valence-corrected chi connectivity index (χ0v) is 11.1. The van der Waals surface area contributed by atoms with Gasteiger partial charge in [0.05, 0.1) is 5.41 Å². The van der Waals surface area contributed by atoms with Gasteiger partial charge in [-0.15, -0.1) is 0 Å². The van der Waals surface area contributed by atoms with Crippen LogP contribution in [0.5, 0.6) is 0 Å². The van der Waals surface area contributed by atoms with Gasteiger partial charge in [-0.1, -0.05) is 6.92 Å². The molecule has 1 heterocycles. The molecule has 2 atom stereocenters. The van der Waals surface area contributed by atoms with Gasteiger partial charge in [-0.3, -0.25) is 4.79 Å². The van der Waals surface area contributed by atoms with E-state index in [2.05, 4.69) is 0 Å². The summed E-state index contributed by atoms with van der Waals surface area (Å²) in [6.07, 6.45) is -0.436. The molecule has 98 valence electrons. The first kappa shape index (κ1) is 13.8. The Morgan fingerprint density at radius 3 is 2.29 bits per heavy atom. The lowest BCUT2D eigenvalue weighted by Gasteiger charge is -2.25. The minimum Gasteiger partial charge on any atom is -0.481 e. The lowest BCUT2D eigenvalue weighted by molar-refractivity contribution is -0.148. The van der Waals surface area contributed by atoms with Gasteiger partial charge in [0.1, 0.15) is 5.60 Å². The van der Waals surface area contributed by atoms with Crippen molar-refractivity contribution in [2.75, 3.05) is 13.1 Å². The molecule has 1 saturated heterocycles. The number of aliphatic carboxylic acids is 1. The van der Waals surface area contributed by atoms with E-state index in [1.165, 1.54) is 4.90 Å². The maximum absolute atomic E-state index is 11.8. The molecular weight excluding hydrogens is 222 g/mol. The standard InChI is InChI=1S/C12H21NO4/c1-8-6-13(7-12(8,5)9(14)15)10(16)17-11(2,3)4/h8H,6-7H2,1-5H3,(H,14,15)/t8-,12-/m1/s1. The number of ether oxygens (including phenoxy) is 1. The third-order valence-electron chi connectivity index (χ3n) is 3.24. The second-order valence-corrected chi connectivity index (χ2v) is 5.98. The van der Waals surface area contributed by atoms with E-state index in [0.29, 0.717) is 6.54 Å². The highest BCUT2D eigenvalue weighted by atomic mass is 16.6. The van der Waals surface area contributed by atoms with E-state index in [1.807, 2.05) is 6.92 Å². The fraction of sp³-hybridized carbons (Fsp3) is 0.833. The van der Waals surface area contributed by atoms with Gasteiger partial charge in [-0.05, 0) is 33.6 Å². The molecule has 17 heavy (non-hydrogen) atoms. The summed E-state index contributed by atoms with van der Waals surface area (Å²) < 4.78 is 5.24. The Morgan fingerprint density at radius 2 is 1.94 bits per heavy atom. The fourth-order valence-corrected chi connectivity index (χ4v) is 1.89. The van der Waals surface area contributed by atoms with Crippen LogP contribution in [-0.4, -0.2) is 40.8 Å². The molecule has 0 saturated carbocycles. The highest BCUT2D eigenvalue weighted by molar-refractivity contribution is 5.78. The molecule has 0 aliphatic carbocycles. The molecule has 0 aromatic carbocycles. The van der Waals surface area contributed by atoms with Crippen molar-refractivity contribution < 1.29 is 19.4 Å². The number of likely N-dealkylation sites (tertiary alicyclic amines) is 1. The molecule has 1 amide bonds. The number of carbonyl (C=O) groups excluding carboxylic acids is 1. The first-order valence-corrected chi connectivity index (χ1v) is 5.77. The molecule has 0 bridgehead atoms. The van der Waals surface area contributed by atoms with Gasteiger partial charge in [-0.2, -0.15) is 0 Å². The van der Waals surface area contributed by atoms with E-state index in [1.54, 1.807) is 27.7 Å². The maximum atomic E-state index is 11.8. The van der Waals surface area contributed by atoms with Crippen LogP contribution in [-0.2, 0) is 9.53 Å². The predicted octanol–water partition coefficient (Wildman–Crippen LogP) is 1.96. The Labute approximate surface area is 102 Å². The number of hydrogen-bond acceptors (Lipinski definition) is 3. The predicted molar refractivity (Wildman–Crippen MR) is 62.7 cm³/mol. The fourth-order valence-electron chi connectivity index (χ4n) is 1.89. The molecule has 0 unspecified atom stereocenters. The summed E-state index contributed by atoms with van der Waals surface area (Å²) in [4.78, 5) is 24.5. The van der Waals surface area contributed by atoms with Crippen LogP contribution in [0.25, 0.3) is 0 Å². The first-order chi connectivity index (χ1) is 7.56. The molecule has 0 aromatic heterocycles. The van der Waals surface area contributed by atoms with Gasteiger partial charge in [-0.25, -0.2) is 4.79 Å². The van der Waals surface area contributed by atoms with Gasteiger partial charge < -0.3 is 14.7 Å². The van der Waals surface area contributed by atoms with Crippen LogP contribution in [0.4, 0.5) is 4.79 Å². The molecule has 5 nitrogen and oxygen atoms in total. The van der Waals surface area contributed by atoms with Crippen LogP contribution in [0, 0.1) is 11.3 Å². The molecule has 0 radical (unpaired) electrons. The van der Waals surface area contributed by atoms with E-state index >= 15 is 0 Å². The van der Waals surface area contributed by atoms with Crippen molar-refractivity contribution >= 4 is 12.1 Å². The molecule has 1 fully saturated rings. The summed E-state index contributed by atoms with van der Waals surface area (Å²) >= 11 is 0. The molecule has 5 heteroatoms. The van der Waals surface area contributed by atoms with Crippen molar-refractivity contribution in [3.8, 4) is 0 Å². The Balaban J connectivity index is 2.73. The largest absolute Gasteiger partial charge is 0.481 e. The average molecular weight is 243 g/mol. The van der Waals surface area contributed by atoms with E-state index in [-0.39, 0.29) is 12.5 Å². The van der Waals surface area contributed by atoms with E-state index in [0.717, 1.165) is 0 Å². The van der Waals surface area contributed by atoms with Gasteiger partial charge in [0.25, 0.3) is 0 Å². The SMILES string of the molecule is C[C@@H]1CN(C(=O)OC(C)(C)C)C[C@@]1(C)C(=O)O. The first-order valence-electron chi connectivity index (χ1n) is 5.77. The third kappa shape index (κ3) is 2.90. The Bertz CT molecular complexity index is 334. The lowest BCUT2D eigenvalue weighted by Crippen LogP contribution is -2.38. The summed E-state index contributed by atoms with van der Waals surface area (Å²) in [6, 6.07) is 0. The Morgan fingerprint density at radius 1 is 1.41 bits per heavy atom. The number of amides is 1. The monoisotopic (exact) mass is 243 g/mol. The van der Waals surface area contributed by atoms with Crippen LogP contribution in [0.1, 0.15) is 34.6 Å². The number of nitrogens with zero attached hydrogens (tertiary/aromatic N) is 1. The number of carbonyl (C=O) groups is 2. The molecule has 1 N–H and O–H groups in total. The molecule has 0 spiro atoms. The smallest absolute Gasteiger partial charge is 0.410 e. The van der Waals surface area contributed by atoms with Gasteiger partial charge in [0, 0.05) is 13.1 Å². The topological polar surface area (TPSA) is 66.8 Å². The van der Waals surface area contributed by atoms with Crippen molar-refractivity contribution in [1.29, 1.82) is 0 Å². The third-order valence-corrected chi connectivity index (χ3v) is 3.24. The molecular formula is C12H21NO4. The van der Waals surface area contributed by atoms with E-state index < -0.39 is 23.1 Å². The van der Waals surface area contributed by atoms with E-state index in [4.69, 9.17) is 4.74 Å². The van der Waals surface area contributed by atoms with Gasteiger partial charge in [0.15, 0.2) is 0 Å². The summed E-state index contributed by atoms with van der Waals surface area (Å²) in [5.41, 5.74) is -1.43. The summed E-state index contributed by atoms with van der Waals surface area (Å²) in [5, 5.41) is 9.20. The second kappa shape index (κ2) is 4.20. The van der Waals surface area contributed by atoms with Crippen LogP contribution in [0.15, 0.2) is 0 Å². The minimum absolute atomic E-state index is 0.0764. The minimum atomic E-state index is -0.878. The maximum Gasteiger partial charge on any atom is 0.410 e. The summed E-state index contributed by atoms with van der Waals surface area (Å²) in [6.45, 7) is 9.53. The van der Waals surface area contributed by atoms with Crippen molar-refractivity contribution in [3.05, 3.63) is 0 Å². The number of hydrogen-bond donors (Lipinski definition) is 1. The highest BCUT2D eigenvalue weighted by Crippen LogP contribution is 2.36. The van der Waals surface area contributed by atoms with Gasteiger partial charge in [0.2, 0.25) is 0 Å². The molecule has 0 aromatic rings. The van der Waals surface area contributed by atoms with Crippen molar-refractivity contribution in [2.45, 2.75) is 40.2 Å². The Hall–Kier alpha value is -1.26. The zero-order chi connectivity index (χ0) is 13.4. The number of carboxylic acid groups (broad SMARTS) is 1. The average Bonchev–Trinajstić information content (AvgIpc) is 2.42. The van der Waals surface area contributed by atoms with Crippen LogP contribution in [0.3, 0.4) is 0 Å². The number of rotatable bonds is 1. The van der Waals surface area contributed by atoms with Crippen LogP contribution >= 0.6 is 0 Å². The van der Waals surface area contributed by atoms with Crippen LogP contribution in [0.2, 0.25) is 0 Å². The summed E-state index contributed by atoms with van der Waals surface area (Å²) in [7, 11) is 0. The molecule has 1 aliphatic rings. The van der Waals surface area contributed by atoms with Crippen molar-refractivity contribution in [1.82, 2.24) is 4.90 Å². The van der Waals surface area contributed by atoms with Gasteiger partial charge >= 0.3 is 12.1 Å². The second-order valence-electron chi connectivity index (χ2n) is 5.98. The van der Waals surface area contributed by atoms with Crippen LogP contribution < -0.4 is 0 Å².